The number of nitrogens with one attached hydrogen (secondary N) is 2. The zero-order valence-corrected chi connectivity index (χ0v) is 19.5. The van der Waals surface area contributed by atoms with Gasteiger partial charge in [-0.05, 0) is 56.1 Å². The van der Waals surface area contributed by atoms with Crippen molar-refractivity contribution in [2.24, 2.45) is 0 Å². The summed E-state index contributed by atoms with van der Waals surface area (Å²) in [5.74, 6) is 0.914. The Morgan fingerprint density at radius 1 is 0.774 bits per heavy atom. The van der Waals surface area contributed by atoms with Crippen molar-refractivity contribution in [3.05, 3.63) is 54.1 Å². The van der Waals surface area contributed by atoms with Crippen LogP contribution in [0, 0.1) is 0 Å². The molecule has 2 N–H and O–H groups in total. The van der Waals surface area contributed by atoms with Gasteiger partial charge in [0, 0.05) is 54.9 Å². The summed E-state index contributed by atoms with van der Waals surface area (Å²) in [5, 5.41) is 5.74. The van der Waals surface area contributed by atoms with Crippen molar-refractivity contribution in [1.29, 1.82) is 0 Å². The summed E-state index contributed by atoms with van der Waals surface area (Å²) in [6.07, 6.45) is 0.702. The molecule has 168 valence electrons. The standard InChI is InChI=1S/C23H30Cl2N4O2/c1-28(2)14-11-22(30)26-19-5-7-20(8-6-19)27-23(31)17-18-3-9-21(10-4-18)29(15-12-24)16-13-25/h3-10H,11-17H2,1-2H3,(H,26,30)(H,27,31). The monoisotopic (exact) mass is 464 g/mol. The Morgan fingerprint density at radius 3 is 1.77 bits per heavy atom. The van der Waals surface area contributed by atoms with Gasteiger partial charge in [0.25, 0.3) is 0 Å². The van der Waals surface area contributed by atoms with Crippen molar-refractivity contribution >= 4 is 52.1 Å². The molecule has 2 rings (SSSR count). The number of hydrogen-bond donors (Lipinski definition) is 2. The predicted octanol–water partition coefficient (Wildman–Crippen LogP) is 4.04. The number of nitrogens with zero attached hydrogens (tertiary/aromatic N) is 2. The molecule has 0 unspecified atom stereocenters. The Bertz CT molecular complexity index is 820. The maximum absolute atomic E-state index is 12.4. The second-order valence-corrected chi connectivity index (χ2v) is 8.19. The van der Waals surface area contributed by atoms with Gasteiger partial charge < -0.3 is 20.4 Å². The van der Waals surface area contributed by atoms with Crippen molar-refractivity contribution in [2.45, 2.75) is 12.8 Å². The normalized spacial score (nSPS) is 10.7. The lowest BCUT2D eigenvalue weighted by Crippen LogP contribution is -2.27. The first-order valence-electron chi connectivity index (χ1n) is 10.2. The van der Waals surface area contributed by atoms with Crippen LogP contribution >= 0.6 is 23.2 Å². The van der Waals surface area contributed by atoms with Crippen LogP contribution in [0.25, 0.3) is 0 Å². The molecule has 2 aromatic carbocycles. The van der Waals surface area contributed by atoms with Crippen LogP contribution in [0.1, 0.15) is 12.0 Å². The fraction of sp³-hybridized carbons (Fsp3) is 0.391. The van der Waals surface area contributed by atoms with Gasteiger partial charge in [0.1, 0.15) is 0 Å². The fourth-order valence-corrected chi connectivity index (χ4v) is 3.38. The molecule has 2 amide bonds. The van der Waals surface area contributed by atoms with E-state index in [1.807, 2.05) is 43.3 Å². The molecule has 0 fully saturated rings. The van der Waals surface area contributed by atoms with Crippen LogP contribution in [-0.2, 0) is 16.0 Å². The molecule has 0 heterocycles. The van der Waals surface area contributed by atoms with E-state index in [1.165, 1.54) is 0 Å². The molecule has 6 nitrogen and oxygen atoms in total. The Morgan fingerprint density at radius 2 is 1.29 bits per heavy atom. The number of benzene rings is 2. The lowest BCUT2D eigenvalue weighted by molar-refractivity contribution is -0.116. The highest BCUT2D eigenvalue weighted by Crippen LogP contribution is 2.17. The summed E-state index contributed by atoms with van der Waals surface area (Å²) in [4.78, 5) is 28.4. The first-order valence-corrected chi connectivity index (χ1v) is 11.3. The van der Waals surface area contributed by atoms with Crippen LogP contribution in [0.15, 0.2) is 48.5 Å². The summed E-state index contributed by atoms with van der Waals surface area (Å²) in [7, 11) is 3.86. The Hall–Kier alpha value is -2.28. The van der Waals surface area contributed by atoms with E-state index in [2.05, 4.69) is 15.5 Å². The minimum absolute atomic E-state index is 0.0374. The van der Waals surface area contributed by atoms with E-state index in [9.17, 15) is 9.59 Å². The zero-order valence-electron chi connectivity index (χ0n) is 18.0. The van der Waals surface area contributed by atoms with Gasteiger partial charge in [0.15, 0.2) is 0 Å². The van der Waals surface area contributed by atoms with Crippen molar-refractivity contribution in [2.75, 3.05) is 61.0 Å². The molecule has 31 heavy (non-hydrogen) atoms. The molecule has 0 aliphatic rings. The van der Waals surface area contributed by atoms with Gasteiger partial charge in [0.05, 0.1) is 6.42 Å². The lowest BCUT2D eigenvalue weighted by Gasteiger charge is -2.23. The lowest BCUT2D eigenvalue weighted by atomic mass is 10.1. The number of carbonyl (C=O) groups excluding carboxylic acids is 2. The number of halogens is 2. The van der Waals surface area contributed by atoms with Gasteiger partial charge in [-0.25, -0.2) is 0 Å². The molecule has 2 aromatic rings. The summed E-state index contributed by atoms with van der Waals surface area (Å²) < 4.78 is 0. The van der Waals surface area contributed by atoms with Crippen molar-refractivity contribution in [3.8, 4) is 0 Å². The Labute approximate surface area is 194 Å². The third kappa shape index (κ3) is 9.17. The molecule has 0 saturated carbocycles. The third-order valence-electron chi connectivity index (χ3n) is 4.61. The number of rotatable bonds is 12. The summed E-state index contributed by atoms with van der Waals surface area (Å²) in [5.41, 5.74) is 3.34. The van der Waals surface area contributed by atoms with Crippen LogP contribution in [0.2, 0.25) is 0 Å². The number of carbonyl (C=O) groups is 2. The van der Waals surface area contributed by atoms with Gasteiger partial charge in [0.2, 0.25) is 11.8 Å². The first-order chi connectivity index (χ1) is 14.9. The maximum atomic E-state index is 12.4. The van der Waals surface area contributed by atoms with E-state index in [1.54, 1.807) is 24.3 Å². The SMILES string of the molecule is CN(C)CCC(=O)Nc1ccc(NC(=O)Cc2ccc(N(CCCl)CCCl)cc2)cc1. The average molecular weight is 465 g/mol. The molecule has 0 bridgehead atoms. The van der Waals surface area contributed by atoms with E-state index < -0.39 is 0 Å². The van der Waals surface area contributed by atoms with Crippen LogP contribution in [0.5, 0.6) is 0 Å². The van der Waals surface area contributed by atoms with Crippen molar-refractivity contribution in [3.63, 3.8) is 0 Å². The van der Waals surface area contributed by atoms with Crippen LogP contribution in [0.4, 0.5) is 17.1 Å². The summed E-state index contributed by atoms with van der Waals surface area (Å²) in [6, 6.07) is 15.0. The molecule has 0 saturated heterocycles. The first kappa shape index (κ1) is 25.0. The molecule has 0 radical (unpaired) electrons. The zero-order chi connectivity index (χ0) is 22.6. The molecule has 8 heteroatoms. The Balaban J connectivity index is 1.86. The summed E-state index contributed by atoms with van der Waals surface area (Å²) in [6.45, 7) is 2.14. The number of anilines is 3. The Kier molecular flexibility index (Phi) is 10.6. The van der Waals surface area contributed by atoms with E-state index in [0.717, 1.165) is 24.3 Å². The van der Waals surface area contributed by atoms with Crippen LogP contribution in [-0.4, -0.2) is 62.2 Å². The van der Waals surface area contributed by atoms with Crippen LogP contribution < -0.4 is 15.5 Å². The van der Waals surface area contributed by atoms with Gasteiger partial charge in [-0.1, -0.05) is 12.1 Å². The summed E-state index contributed by atoms with van der Waals surface area (Å²) >= 11 is 11.7. The van der Waals surface area contributed by atoms with E-state index in [4.69, 9.17) is 23.2 Å². The molecule has 0 aliphatic carbocycles. The number of hydrogen-bond acceptors (Lipinski definition) is 4. The maximum Gasteiger partial charge on any atom is 0.228 e. The number of amides is 2. The quantitative estimate of drug-likeness (QED) is 0.465. The number of alkyl halides is 2. The van der Waals surface area contributed by atoms with E-state index in [-0.39, 0.29) is 18.2 Å². The second-order valence-electron chi connectivity index (χ2n) is 7.44. The average Bonchev–Trinajstić information content (AvgIpc) is 2.74. The molecular formula is C23H30Cl2N4O2. The highest BCUT2D eigenvalue weighted by molar-refractivity contribution is 6.18. The molecule has 0 aromatic heterocycles. The topological polar surface area (TPSA) is 64.7 Å². The van der Waals surface area contributed by atoms with Gasteiger partial charge in [-0.2, -0.15) is 0 Å². The van der Waals surface area contributed by atoms with Gasteiger partial charge >= 0.3 is 0 Å². The van der Waals surface area contributed by atoms with Gasteiger partial charge in [-0.3, -0.25) is 9.59 Å². The molecular weight excluding hydrogens is 435 g/mol. The predicted molar refractivity (Wildman–Crippen MR) is 131 cm³/mol. The molecule has 0 aliphatic heterocycles. The fourth-order valence-electron chi connectivity index (χ4n) is 2.97. The minimum atomic E-state index is -0.103. The van der Waals surface area contributed by atoms with E-state index >= 15 is 0 Å². The third-order valence-corrected chi connectivity index (χ3v) is 4.95. The van der Waals surface area contributed by atoms with Crippen molar-refractivity contribution in [1.82, 2.24) is 4.90 Å². The second kappa shape index (κ2) is 13.2. The van der Waals surface area contributed by atoms with Crippen LogP contribution in [0.3, 0.4) is 0 Å². The smallest absolute Gasteiger partial charge is 0.228 e. The molecule has 0 spiro atoms. The minimum Gasteiger partial charge on any atom is -0.369 e. The van der Waals surface area contributed by atoms with E-state index in [0.29, 0.717) is 36.1 Å². The highest BCUT2D eigenvalue weighted by Gasteiger charge is 2.08. The largest absolute Gasteiger partial charge is 0.369 e. The van der Waals surface area contributed by atoms with Crippen molar-refractivity contribution < 1.29 is 9.59 Å². The highest BCUT2D eigenvalue weighted by atomic mass is 35.5. The van der Waals surface area contributed by atoms with Gasteiger partial charge in [-0.15, -0.1) is 23.2 Å². The molecule has 0 atom stereocenters.